The molecule has 0 saturated heterocycles. The molecule has 186 valence electrons. The van der Waals surface area contributed by atoms with Crippen LogP contribution >= 0.6 is 0 Å². The molecule has 0 bridgehead atoms. The Morgan fingerprint density at radius 3 is 2.17 bits per heavy atom. The molecule has 15 heteroatoms. The molecule has 35 heavy (non-hydrogen) atoms. The average molecular weight is 497 g/mol. The minimum absolute atomic E-state index is 0.0655. The lowest BCUT2D eigenvalue weighted by Gasteiger charge is -2.16. The summed E-state index contributed by atoms with van der Waals surface area (Å²) in [5.74, 6) is -1.65. The summed E-state index contributed by atoms with van der Waals surface area (Å²) in [5.41, 5.74) is -0.215. The fourth-order valence-corrected chi connectivity index (χ4v) is 2.98. The zero-order valence-corrected chi connectivity index (χ0v) is 18.5. The molecule has 1 atom stereocenters. The van der Waals surface area contributed by atoms with E-state index in [1.54, 1.807) is 13.8 Å². The number of carbonyl (C=O) groups is 2. The molecule has 2 aromatic heterocycles. The van der Waals surface area contributed by atoms with Gasteiger partial charge >= 0.3 is 13.2 Å². The van der Waals surface area contributed by atoms with Crippen LogP contribution in [0.15, 0.2) is 30.6 Å². The van der Waals surface area contributed by atoms with Gasteiger partial charge in [-0.2, -0.15) is 22.2 Å². The van der Waals surface area contributed by atoms with Gasteiger partial charge in [0.05, 0.1) is 6.04 Å². The first-order chi connectivity index (χ1) is 16.6. The van der Waals surface area contributed by atoms with Gasteiger partial charge in [0, 0.05) is 24.7 Å². The molecule has 0 aliphatic heterocycles. The van der Waals surface area contributed by atoms with E-state index in [0.29, 0.717) is 5.82 Å². The number of ether oxygens (including phenoxy) is 2. The third-order valence-electron chi connectivity index (χ3n) is 4.39. The normalized spacial score (nSPS) is 11.9. The number of amides is 2. The maximum Gasteiger partial charge on any atom is 0.387 e. The maximum atomic E-state index is 12.8. The molecule has 3 aromatic rings. The predicted octanol–water partition coefficient (Wildman–Crippen LogP) is 2.42. The van der Waals surface area contributed by atoms with Crippen LogP contribution in [0.1, 0.15) is 45.5 Å². The van der Waals surface area contributed by atoms with E-state index in [1.807, 2.05) is 0 Å². The largest absolute Gasteiger partial charge is 0.435 e. The Hall–Kier alpha value is -4.30. The number of nitrogens with zero attached hydrogens (tertiary/aromatic N) is 5. The highest BCUT2D eigenvalue weighted by molar-refractivity contribution is 5.95. The van der Waals surface area contributed by atoms with E-state index in [4.69, 9.17) is 0 Å². The number of aromatic nitrogens is 5. The average Bonchev–Trinajstić information content (AvgIpc) is 3.19. The molecule has 0 aliphatic rings. The Balaban J connectivity index is 1.89. The highest BCUT2D eigenvalue weighted by Gasteiger charge is 2.22. The van der Waals surface area contributed by atoms with Gasteiger partial charge in [0.1, 0.15) is 29.3 Å². The van der Waals surface area contributed by atoms with Crippen molar-refractivity contribution in [3.8, 4) is 17.3 Å². The fourth-order valence-electron chi connectivity index (χ4n) is 2.98. The first-order valence-corrected chi connectivity index (χ1v) is 9.91. The fraction of sp³-hybridized carbons (Fsp3) is 0.300. The van der Waals surface area contributed by atoms with Crippen LogP contribution in [0.5, 0.6) is 11.5 Å². The second kappa shape index (κ2) is 10.8. The van der Waals surface area contributed by atoms with Gasteiger partial charge < -0.3 is 20.1 Å². The van der Waals surface area contributed by atoms with Crippen molar-refractivity contribution in [3.63, 3.8) is 0 Å². The summed E-state index contributed by atoms with van der Waals surface area (Å²) >= 11 is 0. The number of alkyl halides is 4. The van der Waals surface area contributed by atoms with Crippen molar-refractivity contribution in [3.05, 3.63) is 53.5 Å². The molecule has 2 heterocycles. The number of hydrogen-bond acceptors (Lipinski definition) is 8. The molecule has 1 aromatic carbocycles. The van der Waals surface area contributed by atoms with Crippen molar-refractivity contribution in [2.24, 2.45) is 0 Å². The zero-order valence-electron chi connectivity index (χ0n) is 18.5. The number of aryl methyl sites for hydroxylation is 1. The first-order valence-electron chi connectivity index (χ1n) is 9.91. The molecule has 2 amide bonds. The van der Waals surface area contributed by atoms with Gasteiger partial charge in [0.15, 0.2) is 11.6 Å². The van der Waals surface area contributed by atoms with E-state index < -0.39 is 42.6 Å². The number of halogens is 4. The van der Waals surface area contributed by atoms with E-state index in [-0.39, 0.29) is 22.9 Å². The van der Waals surface area contributed by atoms with Crippen molar-refractivity contribution < 1.29 is 36.6 Å². The molecule has 0 fully saturated rings. The smallest absolute Gasteiger partial charge is 0.387 e. The lowest BCUT2D eigenvalue weighted by molar-refractivity contribution is -0.0543. The maximum absolute atomic E-state index is 12.8. The predicted molar refractivity (Wildman–Crippen MR) is 111 cm³/mol. The molecular formula is C20H19F4N7O4. The summed E-state index contributed by atoms with van der Waals surface area (Å²) < 4.78 is 60.2. The highest BCUT2D eigenvalue weighted by atomic mass is 19.3. The molecule has 0 radical (unpaired) electrons. The number of nitrogens with one attached hydrogen (secondary N) is 2. The second-order valence-electron chi connectivity index (χ2n) is 6.91. The standard InChI is InChI=1S/C20H19F4N7O4/c1-9(16-29-10(2)30-31(16)15-7-14(18(33)25-3)26-8-27-15)28-17(32)11-4-12(34-19(21)22)6-13(5-11)35-20(23)24/h4-9,19-20H,1-3H3,(H,25,33)(H,28,32)/t9-/m0/s1. The second-order valence-corrected chi connectivity index (χ2v) is 6.91. The Morgan fingerprint density at radius 2 is 1.60 bits per heavy atom. The molecule has 0 saturated carbocycles. The van der Waals surface area contributed by atoms with Gasteiger partial charge in [-0.05, 0) is 26.0 Å². The summed E-state index contributed by atoms with van der Waals surface area (Å²) in [6.07, 6.45) is 1.16. The summed E-state index contributed by atoms with van der Waals surface area (Å²) in [6, 6.07) is 3.23. The van der Waals surface area contributed by atoms with Crippen molar-refractivity contribution in [1.29, 1.82) is 0 Å². The number of rotatable bonds is 9. The van der Waals surface area contributed by atoms with Crippen LogP contribution in [0.25, 0.3) is 5.82 Å². The van der Waals surface area contributed by atoms with Crippen molar-refractivity contribution in [2.45, 2.75) is 33.1 Å². The van der Waals surface area contributed by atoms with Gasteiger partial charge in [-0.1, -0.05) is 0 Å². The van der Waals surface area contributed by atoms with Crippen LogP contribution in [0, 0.1) is 6.92 Å². The molecule has 0 spiro atoms. The van der Waals surface area contributed by atoms with Crippen LogP contribution in [-0.4, -0.2) is 56.8 Å². The Bertz CT molecular complexity index is 1190. The lowest BCUT2D eigenvalue weighted by Crippen LogP contribution is -2.29. The molecular weight excluding hydrogens is 478 g/mol. The Kier molecular flexibility index (Phi) is 7.78. The topological polar surface area (TPSA) is 133 Å². The minimum atomic E-state index is -3.25. The van der Waals surface area contributed by atoms with Crippen molar-refractivity contribution in [2.75, 3.05) is 7.05 Å². The van der Waals surface area contributed by atoms with Gasteiger partial charge in [0.25, 0.3) is 11.8 Å². The number of hydrogen-bond donors (Lipinski definition) is 2. The highest BCUT2D eigenvalue weighted by Crippen LogP contribution is 2.26. The van der Waals surface area contributed by atoms with Crippen LogP contribution < -0.4 is 20.1 Å². The number of benzene rings is 1. The third kappa shape index (κ3) is 6.39. The van der Waals surface area contributed by atoms with Crippen LogP contribution in [0.3, 0.4) is 0 Å². The zero-order chi connectivity index (χ0) is 25.7. The SMILES string of the molecule is CNC(=O)c1cc(-n2nc(C)nc2[C@H](C)NC(=O)c2cc(OC(F)F)cc(OC(F)F)c2)ncn1. The van der Waals surface area contributed by atoms with Crippen molar-refractivity contribution >= 4 is 11.8 Å². The van der Waals surface area contributed by atoms with E-state index in [0.717, 1.165) is 24.5 Å². The van der Waals surface area contributed by atoms with Crippen LogP contribution in [0.2, 0.25) is 0 Å². The molecule has 2 N–H and O–H groups in total. The lowest BCUT2D eigenvalue weighted by atomic mass is 10.1. The van der Waals surface area contributed by atoms with E-state index >= 15 is 0 Å². The summed E-state index contributed by atoms with van der Waals surface area (Å²) in [7, 11) is 1.44. The van der Waals surface area contributed by atoms with Gasteiger partial charge in [-0.25, -0.2) is 15.0 Å². The Labute approximate surface area is 195 Å². The van der Waals surface area contributed by atoms with E-state index in [9.17, 15) is 27.2 Å². The minimum Gasteiger partial charge on any atom is -0.435 e. The summed E-state index contributed by atoms with van der Waals surface area (Å²) in [4.78, 5) is 36.9. The quantitative estimate of drug-likeness (QED) is 0.431. The monoisotopic (exact) mass is 497 g/mol. The molecule has 11 nitrogen and oxygen atoms in total. The van der Waals surface area contributed by atoms with Gasteiger partial charge in [-0.15, -0.1) is 5.10 Å². The van der Waals surface area contributed by atoms with Crippen LogP contribution in [-0.2, 0) is 0 Å². The van der Waals surface area contributed by atoms with Gasteiger partial charge in [-0.3, -0.25) is 9.59 Å². The number of carbonyl (C=O) groups excluding carboxylic acids is 2. The molecule has 0 unspecified atom stereocenters. The van der Waals surface area contributed by atoms with Crippen molar-refractivity contribution in [1.82, 2.24) is 35.4 Å². The third-order valence-corrected chi connectivity index (χ3v) is 4.39. The van der Waals surface area contributed by atoms with Crippen LogP contribution in [0.4, 0.5) is 17.6 Å². The Morgan fingerprint density at radius 1 is 0.971 bits per heavy atom. The molecule has 3 rings (SSSR count). The first kappa shape index (κ1) is 25.3. The summed E-state index contributed by atoms with van der Waals surface area (Å²) in [6.45, 7) is -3.36. The summed E-state index contributed by atoms with van der Waals surface area (Å²) in [5, 5.41) is 9.24. The molecule has 0 aliphatic carbocycles. The van der Waals surface area contributed by atoms with E-state index in [1.165, 1.54) is 17.8 Å². The van der Waals surface area contributed by atoms with E-state index in [2.05, 4.69) is 40.2 Å². The van der Waals surface area contributed by atoms with Gasteiger partial charge in [0.2, 0.25) is 0 Å².